The van der Waals surface area contributed by atoms with Gasteiger partial charge in [0, 0.05) is 18.7 Å². The lowest BCUT2D eigenvalue weighted by Gasteiger charge is -2.17. The van der Waals surface area contributed by atoms with E-state index in [0.29, 0.717) is 13.0 Å². The van der Waals surface area contributed by atoms with Crippen molar-refractivity contribution < 1.29 is 23.1 Å². The van der Waals surface area contributed by atoms with Gasteiger partial charge in [-0.1, -0.05) is 0 Å². The Morgan fingerprint density at radius 2 is 2.17 bits per heavy atom. The predicted molar refractivity (Wildman–Crippen MR) is 87.3 cm³/mol. The summed E-state index contributed by atoms with van der Waals surface area (Å²) in [6.45, 7) is 4.12. The van der Waals surface area contributed by atoms with Crippen LogP contribution in [-0.4, -0.2) is 52.7 Å². The van der Waals surface area contributed by atoms with E-state index in [0.717, 1.165) is 11.4 Å². The van der Waals surface area contributed by atoms with Gasteiger partial charge >= 0.3 is 5.97 Å². The van der Waals surface area contributed by atoms with Crippen molar-refractivity contribution in [3.8, 4) is 0 Å². The molecule has 2 rings (SSSR count). The lowest BCUT2D eigenvalue weighted by molar-refractivity contribution is -0.142. The third-order valence-electron chi connectivity index (χ3n) is 4.18. The minimum Gasteiger partial charge on any atom is -0.480 e. The normalized spacial score (nSPS) is 20.7. The fourth-order valence-corrected chi connectivity index (χ4v) is 4.87. The van der Waals surface area contributed by atoms with Gasteiger partial charge in [0.2, 0.25) is 5.91 Å². The first-order valence-corrected chi connectivity index (χ1v) is 9.72. The third-order valence-corrected chi connectivity index (χ3v) is 6.02. The molecular weight excluding hydrogens is 334 g/mol. The molecule has 1 aliphatic heterocycles. The van der Waals surface area contributed by atoms with Crippen molar-refractivity contribution in [3.63, 3.8) is 0 Å². The first kappa shape index (κ1) is 18.4. The van der Waals surface area contributed by atoms with Crippen molar-refractivity contribution in [3.05, 3.63) is 17.5 Å². The first-order valence-electron chi connectivity index (χ1n) is 7.90. The molecule has 1 amide bonds. The average Bonchev–Trinajstić information content (AvgIpc) is 2.97. The summed E-state index contributed by atoms with van der Waals surface area (Å²) in [6.07, 6.45) is 0.711. The number of amides is 1. The Morgan fingerprint density at radius 3 is 2.67 bits per heavy atom. The molecule has 1 aromatic rings. The number of rotatable bonds is 7. The van der Waals surface area contributed by atoms with Crippen LogP contribution in [0.4, 0.5) is 0 Å². The fourth-order valence-electron chi connectivity index (χ4n) is 2.99. The summed E-state index contributed by atoms with van der Waals surface area (Å²) in [4.78, 5) is 23.4. The Morgan fingerprint density at radius 1 is 1.46 bits per heavy atom. The van der Waals surface area contributed by atoms with Crippen LogP contribution in [0.25, 0.3) is 0 Å². The van der Waals surface area contributed by atoms with Crippen LogP contribution < -0.4 is 5.32 Å². The second-order valence-corrected chi connectivity index (χ2v) is 8.59. The van der Waals surface area contributed by atoms with E-state index in [9.17, 15) is 23.1 Å². The van der Waals surface area contributed by atoms with E-state index in [1.54, 1.807) is 4.68 Å². The van der Waals surface area contributed by atoms with Crippen molar-refractivity contribution in [1.29, 1.82) is 0 Å². The Hall–Kier alpha value is -1.90. The number of aliphatic carboxylic acids is 1. The van der Waals surface area contributed by atoms with E-state index in [1.807, 2.05) is 19.9 Å². The lowest BCUT2D eigenvalue weighted by atomic mass is 9.99. The molecule has 134 valence electrons. The predicted octanol–water partition coefficient (Wildman–Crippen LogP) is 0.284. The molecule has 2 heterocycles. The van der Waals surface area contributed by atoms with E-state index in [-0.39, 0.29) is 36.2 Å². The zero-order valence-corrected chi connectivity index (χ0v) is 14.7. The fraction of sp³-hybridized carbons (Fsp3) is 0.667. The summed E-state index contributed by atoms with van der Waals surface area (Å²) in [7, 11) is -3.06. The SMILES string of the molecule is Cc1cc(C)n(CCC(=O)NC(CC2CCS(=O)(=O)C2)C(=O)O)n1. The lowest BCUT2D eigenvalue weighted by Crippen LogP contribution is -2.42. The number of nitrogens with zero attached hydrogens (tertiary/aromatic N) is 2. The highest BCUT2D eigenvalue weighted by Crippen LogP contribution is 2.23. The van der Waals surface area contributed by atoms with E-state index >= 15 is 0 Å². The zero-order valence-electron chi connectivity index (χ0n) is 13.9. The van der Waals surface area contributed by atoms with Gasteiger partial charge in [-0.2, -0.15) is 5.10 Å². The number of carboxylic acids is 1. The summed E-state index contributed by atoms with van der Waals surface area (Å²) in [5.41, 5.74) is 1.80. The number of hydrogen-bond donors (Lipinski definition) is 2. The Labute approximate surface area is 141 Å². The monoisotopic (exact) mass is 357 g/mol. The van der Waals surface area contributed by atoms with Gasteiger partial charge in [-0.05, 0) is 38.7 Å². The summed E-state index contributed by atoms with van der Waals surface area (Å²) in [5.74, 6) is -1.64. The van der Waals surface area contributed by atoms with Crippen molar-refractivity contribution in [2.24, 2.45) is 5.92 Å². The molecule has 1 aromatic heterocycles. The smallest absolute Gasteiger partial charge is 0.326 e. The second-order valence-electron chi connectivity index (χ2n) is 6.36. The van der Waals surface area contributed by atoms with Gasteiger partial charge in [0.15, 0.2) is 9.84 Å². The van der Waals surface area contributed by atoms with Crippen LogP contribution in [0, 0.1) is 19.8 Å². The maximum atomic E-state index is 12.0. The van der Waals surface area contributed by atoms with Gasteiger partial charge in [0.25, 0.3) is 0 Å². The number of aryl methyl sites for hydroxylation is 3. The molecule has 0 spiro atoms. The molecule has 0 radical (unpaired) electrons. The average molecular weight is 357 g/mol. The molecule has 2 unspecified atom stereocenters. The molecule has 2 N–H and O–H groups in total. The van der Waals surface area contributed by atoms with Gasteiger partial charge < -0.3 is 10.4 Å². The summed E-state index contributed by atoms with van der Waals surface area (Å²) in [5, 5.41) is 16.0. The third kappa shape index (κ3) is 5.05. The summed E-state index contributed by atoms with van der Waals surface area (Å²) in [6, 6.07) is 0.842. The van der Waals surface area contributed by atoms with Crippen LogP contribution in [0.15, 0.2) is 6.07 Å². The Kier molecular flexibility index (Phi) is 5.63. The minimum absolute atomic E-state index is 0.00158. The minimum atomic E-state index is -3.06. The largest absolute Gasteiger partial charge is 0.480 e. The maximum absolute atomic E-state index is 12.0. The molecule has 9 heteroatoms. The number of sulfone groups is 1. The van der Waals surface area contributed by atoms with Crippen molar-refractivity contribution in [2.45, 2.75) is 45.7 Å². The maximum Gasteiger partial charge on any atom is 0.326 e. The molecular formula is C15H23N3O5S. The number of carbonyl (C=O) groups is 2. The molecule has 0 aliphatic carbocycles. The van der Waals surface area contributed by atoms with E-state index in [2.05, 4.69) is 10.4 Å². The number of hydrogen-bond acceptors (Lipinski definition) is 5. The number of carboxylic acid groups (broad SMARTS) is 1. The van der Waals surface area contributed by atoms with Gasteiger partial charge in [0.05, 0.1) is 17.2 Å². The molecule has 24 heavy (non-hydrogen) atoms. The Bertz CT molecular complexity index is 725. The molecule has 0 saturated carbocycles. The van der Waals surface area contributed by atoms with Crippen LogP contribution in [-0.2, 0) is 26.0 Å². The van der Waals surface area contributed by atoms with Gasteiger partial charge in [0.1, 0.15) is 6.04 Å². The molecule has 0 bridgehead atoms. The second kappa shape index (κ2) is 7.33. The van der Waals surface area contributed by atoms with Gasteiger partial charge in [-0.15, -0.1) is 0 Å². The highest BCUT2D eigenvalue weighted by Gasteiger charge is 2.32. The van der Waals surface area contributed by atoms with E-state index in [1.165, 1.54) is 0 Å². The number of carbonyl (C=O) groups excluding carboxylic acids is 1. The molecule has 1 saturated heterocycles. The molecule has 0 aromatic carbocycles. The number of nitrogens with one attached hydrogen (secondary N) is 1. The molecule has 1 fully saturated rings. The quantitative estimate of drug-likeness (QED) is 0.724. The topological polar surface area (TPSA) is 118 Å². The summed E-state index contributed by atoms with van der Waals surface area (Å²) >= 11 is 0. The van der Waals surface area contributed by atoms with Crippen LogP contribution in [0.5, 0.6) is 0 Å². The first-order chi connectivity index (χ1) is 11.2. The van der Waals surface area contributed by atoms with Crippen LogP contribution in [0.1, 0.15) is 30.7 Å². The van der Waals surface area contributed by atoms with Crippen molar-refractivity contribution in [1.82, 2.24) is 15.1 Å². The Balaban J connectivity index is 1.87. The highest BCUT2D eigenvalue weighted by molar-refractivity contribution is 7.91. The van der Waals surface area contributed by atoms with Crippen LogP contribution in [0.2, 0.25) is 0 Å². The van der Waals surface area contributed by atoms with Gasteiger partial charge in [-0.25, -0.2) is 13.2 Å². The molecule has 2 atom stereocenters. The molecule has 1 aliphatic rings. The van der Waals surface area contributed by atoms with Crippen molar-refractivity contribution >= 4 is 21.7 Å². The standard InChI is InChI=1S/C15H23N3O5S/c1-10-7-11(2)18(17-10)5-3-14(19)16-13(15(20)21)8-12-4-6-24(22,23)9-12/h7,12-13H,3-6,8-9H2,1-2H3,(H,16,19)(H,20,21). The summed E-state index contributed by atoms with van der Waals surface area (Å²) < 4.78 is 24.6. The van der Waals surface area contributed by atoms with E-state index in [4.69, 9.17) is 0 Å². The number of aromatic nitrogens is 2. The van der Waals surface area contributed by atoms with E-state index < -0.39 is 21.8 Å². The van der Waals surface area contributed by atoms with Crippen LogP contribution >= 0.6 is 0 Å². The highest BCUT2D eigenvalue weighted by atomic mass is 32.2. The zero-order chi connectivity index (χ0) is 17.9. The van der Waals surface area contributed by atoms with Crippen LogP contribution in [0.3, 0.4) is 0 Å². The van der Waals surface area contributed by atoms with Crippen molar-refractivity contribution in [2.75, 3.05) is 11.5 Å². The molecule has 8 nitrogen and oxygen atoms in total. The van der Waals surface area contributed by atoms with Gasteiger partial charge in [-0.3, -0.25) is 9.48 Å².